The molecule has 31 heavy (non-hydrogen) atoms. The van der Waals surface area contributed by atoms with Gasteiger partial charge in [-0.05, 0) is 54.7 Å². The fourth-order valence-corrected chi connectivity index (χ4v) is 5.93. The number of fused-ring (bicyclic) bond motifs is 1. The van der Waals surface area contributed by atoms with Crippen molar-refractivity contribution in [3.05, 3.63) is 59.2 Å². The highest BCUT2D eigenvalue weighted by Crippen LogP contribution is 2.28. The number of rotatable bonds is 4. The van der Waals surface area contributed by atoms with Crippen LogP contribution >= 0.6 is 0 Å². The molecule has 0 aliphatic carbocycles. The van der Waals surface area contributed by atoms with E-state index in [9.17, 15) is 22.8 Å². The van der Waals surface area contributed by atoms with Crippen LogP contribution in [-0.2, 0) is 10.0 Å². The molecule has 4 rings (SSSR count). The van der Waals surface area contributed by atoms with Crippen LogP contribution in [0.25, 0.3) is 0 Å². The van der Waals surface area contributed by atoms with Crippen LogP contribution in [0.5, 0.6) is 0 Å². The largest absolute Gasteiger partial charge is 0.321 e. The van der Waals surface area contributed by atoms with Crippen molar-refractivity contribution in [2.45, 2.75) is 25.2 Å². The normalized spacial score (nSPS) is 21.5. The standard InChI is InChI=1S/C22H23N3O5S/c1-13-10-14(2)12-25(11-13)31(29,30)16-8-6-15(7-9-16)20(26)23-18-5-3-4-17-19(18)22(28)24-21(17)27/h3-9,13-14H,10-12H2,1-2H3,(H,23,26)(H,24,27,28)/t13-,14-/m1/s1. The number of carbonyl (C=O) groups excluding carboxylic acids is 3. The summed E-state index contributed by atoms with van der Waals surface area (Å²) in [5.74, 6) is -1.00. The molecule has 0 aromatic heterocycles. The van der Waals surface area contributed by atoms with Gasteiger partial charge in [0.2, 0.25) is 10.0 Å². The summed E-state index contributed by atoms with van der Waals surface area (Å²) in [4.78, 5) is 36.6. The zero-order valence-electron chi connectivity index (χ0n) is 17.2. The predicted molar refractivity (Wildman–Crippen MR) is 114 cm³/mol. The summed E-state index contributed by atoms with van der Waals surface area (Å²) < 4.78 is 27.5. The molecule has 2 aromatic rings. The maximum absolute atomic E-state index is 13.0. The maximum Gasteiger partial charge on any atom is 0.261 e. The first-order valence-corrected chi connectivity index (χ1v) is 11.5. The van der Waals surface area contributed by atoms with Gasteiger partial charge in [-0.2, -0.15) is 4.31 Å². The highest BCUT2D eigenvalue weighted by atomic mass is 32.2. The Balaban J connectivity index is 1.53. The molecule has 2 N–H and O–H groups in total. The van der Waals surface area contributed by atoms with Crippen molar-refractivity contribution in [1.29, 1.82) is 0 Å². The van der Waals surface area contributed by atoms with E-state index >= 15 is 0 Å². The Labute approximate surface area is 180 Å². The molecular formula is C22H23N3O5S. The molecule has 3 amide bonds. The van der Waals surface area contributed by atoms with Crippen molar-refractivity contribution < 1.29 is 22.8 Å². The number of imide groups is 1. The highest BCUT2D eigenvalue weighted by molar-refractivity contribution is 7.89. The molecule has 1 fully saturated rings. The molecular weight excluding hydrogens is 418 g/mol. The molecule has 2 atom stereocenters. The minimum Gasteiger partial charge on any atom is -0.321 e. The lowest BCUT2D eigenvalue weighted by Crippen LogP contribution is -2.42. The van der Waals surface area contributed by atoms with E-state index in [0.29, 0.717) is 24.9 Å². The molecule has 0 unspecified atom stereocenters. The molecule has 0 saturated carbocycles. The van der Waals surface area contributed by atoms with E-state index in [1.165, 1.54) is 40.7 Å². The fourth-order valence-electron chi connectivity index (χ4n) is 4.25. The molecule has 9 heteroatoms. The van der Waals surface area contributed by atoms with Crippen molar-refractivity contribution in [2.24, 2.45) is 11.8 Å². The van der Waals surface area contributed by atoms with Crippen LogP contribution in [0.1, 0.15) is 51.3 Å². The lowest BCUT2D eigenvalue weighted by Gasteiger charge is -2.34. The summed E-state index contributed by atoms with van der Waals surface area (Å²) in [6.07, 6.45) is 0.998. The van der Waals surface area contributed by atoms with E-state index in [4.69, 9.17) is 0 Å². The smallest absolute Gasteiger partial charge is 0.261 e. The molecule has 2 aliphatic rings. The summed E-state index contributed by atoms with van der Waals surface area (Å²) in [6.45, 7) is 5.04. The Bertz CT molecular complexity index is 1160. The second kappa shape index (κ2) is 7.90. The van der Waals surface area contributed by atoms with Crippen LogP contribution < -0.4 is 10.6 Å². The first-order chi connectivity index (χ1) is 14.7. The summed E-state index contributed by atoms with van der Waals surface area (Å²) in [5, 5.41) is 4.83. The Morgan fingerprint density at radius 1 is 1.00 bits per heavy atom. The fraction of sp³-hybridized carbons (Fsp3) is 0.318. The summed E-state index contributed by atoms with van der Waals surface area (Å²) in [6, 6.07) is 10.3. The lowest BCUT2D eigenvalue weighted by molar-refractivity contribution is 0.0879. The van der Waals surface area contributed by atoms with Gasteiger partial charge in [0, 0.05) is 18.7 Å². The Morgan fingerprint density at radius 3 is 2.29 bits per heavy atom. The first kappa shape index (κ1) is 21.2. The summed E-state index contributed by atoms with van der Waals surface area (Å²) in [5.41, 5.74) is 0.781. The molecule has 2 aromatic carbocycles. The molecule has 162 valence electrons. The molecule has 2 heterocycles. The third kappa shape index (κ3) is 3.98. The van der Waals surface area contributed by atoms with Gasteiger partial charge >= 0.3 is 0 Å². The van der Waals surface area contributed by atoms with Crippen molar-refractivity contribution in [3.63, 3.8) is 0 Å². The number of amides is 3. The number of piperidine rings is 1. The summed E-state index contributed by atoms with van der Waals surface area (Å²) >= 11 is 0. The van der Waals surface area contributed by atoms with E-state index in [1.54, 1.807) is 6.07 Å². The minimum absolute atomic E-state index is 0.119. The van der Waals surface area contributed by atoms with Gasteiger partial charge in [0.1, 0.15) is 0 Å². The maximum atomic E-state index is 13.0. The van der Waals surface area contributed by atoms with Crippen LogP contribution in [0.3, 0.4) is 0 Å². The topological polar surface area (TPSA) is 113 Å². The zero-order valence-corrected chi connectivity index (χ0v) is 18.0. The number of hydrogen-bond acceptors (Lipinski definition) is 5. The monoisotopic (exact) mass is 441 g/mol. The number of anilines is 1. The average Bonchev–Trinajstić information content (AvgIpc) is 3.02. The van der Waals surface area contributed by atoms with Crippen molar-refractivity contribution >= 4 is 33.4 Å². The number of carbonyl (C=O) groups is 3. The number of nitrogens with one attached hydrogen (secondary N) is 2. The van der Waals surface area contributed by atoms with Gasteiger partial charge in [0.15, 0.2) is 0 Å². The first-order valence-electron chi connectivity index (χ1n) is 10.1. The van der Waals surface area contributed by atoms with Gasteiger partial charge in [0.25, 0.3) is 17.7 Å². The van der Waals surface area contributed by atoms with Crippen LogP contribution in [0.15, 0.2) is 47.4 Å². The van der Waals surface area contributed by atoms with Gasteiger partial charge in [-0.3, -0.25) is 19.7 Å². The molecule has 0 radical (unpaired) electrons. The van der Waals surface area contributed by atoms with Gasteiger partial charge < -0.3 is 5.32 Å². The second-order valence-corrected chi connectivity index (χ2v) is 10.2. The number of benzene rings is 2. The summed E-state index contributed by atoms with van der Waals surface area (Å²) in [7, 11) is -3.64. The SMILES string of the molecule is C[C@@H]1C[C@@H](C)CN(S(=O)(=O)c2ccc(C(=O)Nc3cccc4c3C(=O)NC4=O)cc2)C1. The quantitative estimate of drug-likeness (QED) is 0.708. The van der Waals surface area contributed by atoms with Crippen molar-refractivity contribution in [2.75, 3.05) is 18.4 Å². The van der Waals surface area contributed by atoms with Crippen molar-refractivity contribution in [3.8, 4) is 0 Å². The van der Waals surface area contributed by atoms with Crippen molar-refractivity contribution in [1.82, 2.24) is 9.62 Å². The Kier molecular flexibility index (Phi) is 5.40. The van der Waals surface area contributed by atoms with Gasteiger partial charge in [0.05, 0.1) is 21.7 Å². The van der Waals surface area contributed by atoms with E-state index in [0.717, 1.165) is 6.42 Å². The van der Waals surface area contributed by atoms with E-state index in [2.05, 4.69) is 10.6 Å². The third-order valence-electron chi connectivity index (χ3n) is 5.60. The van der Waals surface area contributed by atoms with Gasteiger partial charge in [-0.1, -0.05) is 19.9 Å². The van der Waals surface area contributed by atoms with Crippen LogP contribution in [-0.4, -0.2) is 43.5 Å². The number of nitrogens with zero attached hydrogens (tertiary/aromatic N) is 1. The average molecular weight is 442 g/mol. The van der Waals surface area contributed by atoms with E-state index in [1.807, 2.05) is 13.8 Å². The third-order valence-corrected chi connectivity index (χ3v) is 7.45. The predicted octanol–water partition coefficient (Wildman–Crippen LogP) is 2.49. The van der Waals surface area contributed by atoms with Crippen LogP contribution in [0, 0.1) is 11.8 Å². The molecule has 0 bridgehead atoms. The Hall–Kier alpha value is -3.04. The molecule has 0 spiro atoms. The van der Waals surface area contributed by atoms with E-state index in [-0.39, 0.29) is 27.3 Å². The number of hydrogen-bond donors (Lipinski definition) is 2. The van der Waals surface area contributed by atoms with Gasteiger partial charge in [-0.15, -0.1) is 0 Å². The highest BCUT2D eigenvalue weighted by Gasteiger charge is 2.32. The van der Waals surface area contributed by atoms with Crippen LogP contribution in [0.2, 0.25) is 0 Å². The zero-order chi connectivity index (χ0) is 22.3. The number of sulfonamides is 1. The lowest BCUT2D eigenvalue weighted by atomic mass is 9.94. The van der Waals surface area contributed by atoms with Gasteiger partial charge in [-0.25, -0.2) is 8.42 Å². The molecule has 1 saturated heterocycles. The molecule has 8 nitrogen and oxygen atoms in total. The van der Waals surface area contributed by atoms with E-state index < -0.39 is 27.7 Å². The second-order valence-electron chi connectivity index (χ2n) is 8.26. The Morgan fingerprint density at radius 2 is 1.65 bits per heavy atom. The minimum atomic E-state index is -3.64. The van der Waals surface area contributed by atoms with Crippen LogP contribution in [0.4, 0.5) is 5.69 Å². The molecule has 2 aliphatic heterocycles.